The van der Waals surface area contributed by atoms with Crippen LogP contribution in [0.25, 0.3) is 0 Å². The van der Waals surface area contributed by atoms with Crippen molar-refractivity contribution in [3.8, 4) is 0 Å². The predicted octanol–water partition coefficient (Wildman–Crippen LogP) is 6.03. The molecule has 202 valence electrons. The number of hydrogen-bond acceptors (Lipinski definition) is 0. The lowest BCUT2D eigenvalue weighted by atomic mass is 9.77. The van der Waals surface area contributed by atoms with Crippen LogP contribution in [0.15, 0.2) is 91.0 Å². The molecule has 1 nitrogen and oxygen atoms in total. The SMILES string of the molecule is CCCCCCCCCCCCCCCC[NH2+]C(c1ccccc1)(c1ccccc1)c1ccccc1.[Br-]. The van der Waals surface area contributed by atoms with Crippen molar-refractivity contribution in [3.63, 3.8) is 0 Å². The number of halogens is 1. The second-order valence-corrected chi connectivity index (χ2v) is 10.5. The minimum Gasteiger partial charge on any atom is -1.00 e. The average molecular weight is 565 g/mol. The maximum Gasteiger partial charge on any atom is 0.173 e. The third-order valence-electron chi connectivity index (χ3n) is 7.70. The zero-order chi connectivity index (χ0) is 25.2. The van der Waals surface area contributed by atoms with Crippen LogP contribution in [-0.4, -0.2) is 6.54 Å². The van der Waals surface area contributed by atoms with Crippen LogP contribution in [0.1, 0.15) is 114 Å². The van der Waals surface area contributed by atoms with E-state index in [0.717, 1.165) is 6.54 Å². The van der Waals surface area contributed by atoms with Crippen molar-refractivity contribution < 1.29 is 22.3 Å². The molecule has 0 saturated carbocycles. The highest BCUT2D eigenvalue weighted by molar-refractivity contribution is 5.46. The second-order valence-electron chi connectivity index (χ2n) is 10.5. The van der Waals surface area contributed by atoms with E-state index in [9.17, 15) is 0 Å². The minimum atomic E-state index is -0.208. The highest BCUT2D eigenvalue weighted by Gasteiger charge is 2.39. The van der Waals surface area contributed by atoms with Crippen LogP contribution in [-0.2, 0) is 5.54 Å². The first-order valence-corrected chi connectivity index (χ1v) is 14.9. The lowest BCUT2D eigenvalue weighted by molar-refractivity contribution is -0.716. The monoisotopic (exact) mass is 563 g/mol. The van der Waals surface area contributed by atoms with Gasteiger partial charge in [0.2, 0.25) is 0 Å². The first-order chi connectivity index (χ1) is 17.9. The Balaban J connectivity index is 0.00000481. The van der Waals surface area contributed by atoms with E-state index in [-0.39, 0.29) is 22.5 Å². The van der Waals surface area contributed by atoms with Crippen LogP contribution in [0.3, 0.4) is 0 Å². The predicted molar refractivity (Wildman–Crippen MR) is 156 cm³/mol. The number of quaternary nitrogens is 1. The zero-order valence-corrected chi connectivity index (χ0v) is 24.8. The first-order valence-electron chi connectivity index (χ1n) is 14.9. The molecule has 2 heteroatoms. The Kier molecular flexibility index (Phi) is 16.3. The molecule has 3 rings (SSSR count). The van der Waals surface area contributed by atoms with Crippen LogP contribution >= 0.6 is 0 Å². The Hall–Kier alpha value is -1.90. The van der Waals surface area contributed by atoms with Crippen molar-refractivity contribution in [2.45, 2.75) is 102 Å². The Bertz CT molecular complexity index is 813. The van der Waals surface area contributed by atoms with Gasteiger partial charge in [-0.05, 0) is 12.8 Å². The van der Waals surface area contributed by atoms with Crippen molar-refractivity contribution >= 4 is 0 Å². The summed E-state index contributed by atoms with van der Waals surface area (Å²) in [7, 11) is 0. The molecule has 0 atom stereocenters. The van der Waals surface area contributed by atoms with Crippen molar-refractivity contribution in [3.05, 3.63) is 108 Å². The fourth-order valence-electron chi connectivity index (χ4n) is 5.61. The Morgan fingerprint density at radius 2 is 0.730 bits per heavy atom. The molecule has 37 heavy (non-hydrogen) atoms. The van der Waals surface area contributed by atoms with Crippen molar-refractivity contribution in [2.24, 2.45) is 0 Å². The molecule has 0 fully saturated rings. The van der Waals surface area contributed by atoms with Gasteiger partial charge in [-0.2, -0.15) is 0 Å². The van der Waals surface area contributed by atoms with Crippen LogP contribution in [0, 0.1) is 0 Å². The quantitative estimate of drug-likeness (QED) is 0.135. The van der Waals surface area contributed by atoms with Crippen LogP contribution in [0.5, 0.6) is 0 Å². The molecule has 0 aliphatic rings. The maximum atomic E-state index is 2.59. The van der Waals surface area contributed by atoms with E-state index in [4.69, 9.17) is 0 Å². The van der Waals surface area contributed by atoms with Crippen LogP contribution < -0.4 is 22.3 Å². The normalized spacial score (nSPS) is 11.3. The molecular weight excluding hydrogens is 514 g/mol. The average Bonchev–Trinajstić information content (AvgIpc) is 2.94. The largest absolute Gasteiger partial charge is 1.00 e. The number of nitrogens with two attached hydrogens (primary N) is 1. The third-order valence-corrected chi connectivity index (χ3v) is 7.70. The van der Waals surface area contributed by atoms with Gasteiger partial charge in [0.25, 0.3) is 0 Å². The van der Waals surface area contributed by atoms with E-state index in [0.29, 0.717) is 0 Å². The fourth-order valence-corrected chi connectivity index (χ4v) is 5.61. The molecule has 0 unspecified atom stereocenters. The summed E-state index contributed by atoms with van der Waals surface area (Å²) in [4.78, 5) is 0. The van der Waals surface area contributed by atoms with Gasteiger partial charge in [-0.25, -0.2) is 0 Å². The van der Waals surface area contributed by atoms with Crippen LogP contribution in [0.4, 0.5) is 0 Å². The van der Waals surface area contributed by atoms with E-state index >= 15 is 0 Å². The van der Waals surface area contributed by atoms with Crippen molar-refractivity contribution in [1.82, 2.24) is 0 Å². The second kappa shape index (κ2) is 19.2. The Morgan fingerprint density at radius 3 is 1.05 bits per heavy atom. The standard InChI is InChI=1S/C35H49N.BrH/c1-2-3-4-5-6-7-8-9-10-11-12-13-14-24-31-36-35(32-25-18-15-19-26-32,33-27-20-16-21-28-33)34-29-22-17-23-30-34;/h15-23,25-30,36H,2-14,24,31H2,1H3;1H. The summed E-state index contributed by atoms with van der Waals surface area (Å²) >= 11 is 0. The van der Waals surface area contributed by atoms with E-state index in [1.54, 1.807) is 0 Å². The summed E-state index contributed by atoms with van der Waals surface area (Å²) in [6.45, 7) is 3.43. The lowest BCUT2D eigenvalue weighted by Gasteiger charge is -2.33. The van der Waals surface area contributed by atoms with Gasteiger partial charge in [0.1, 0.15) is 0 Å². The molecule has 3 aromatic carbocycles. The molecule has 0 heterocycles. The smallest absolute Gasteiger partial charge is 0.173 e. The van der Waals surface area contributed by atoms with Crippen molar-refractivity contribution in [2.75, 3.05) is 6.54 Å². The van der Waals surface area contributed by atoms with Gasteiger partial charge >= 0.3 is 0 Å². The molecular formula is C35H50BrN. The first kappa shape index (κ1) is 31.3. The van der Waals surface area contributed by atoms with E-state index in [2.05, 4.69) is 103 Å². The van der Waals surface area contributed by atoms with Gasteiger partial charge < -0.3 is 22.3 Å². The maximum absolute atomic E-state index is 2.59. The summed E-state index contributed by atoms with van der Waals surface area (Å²) in [6.07, 6.45) is 19.7. The minimum absolute atomic E-state index is 0. The summed E-state index contributed by atoms with van der Waals surface area (Å²) in [5.74, 6) is 0. The molecule has 0 aliphatic heterocycles. The molecule has 0 bridgehead atoms. The zero-order valence-electron chi connectivity index (χ0n) is 23.2. The molecule has 0 aliphatic carbocycles. The highest BCUT2D eigenvalue weighted by atomic mass is 79.9. The van der Waals surface area contributed by atoms with Gasteiger partial charge in [0, 0.05) is 16.7 Å². The summed E-state index contributed by atoms with van der Waals surface area (Å²) in [6, 6.07) is 33.2. The van der Waals surface area contributed by atoms with Crippen LogP contribution in [0.2, 0.25) is 0 Å². The number of rotatable bonds is 19. The highest BCUT2D eigenvalue weighted by Crippen LogP contribution is 2.33. The van der Waals surface area contributed by atoms with Gasteiger partial charge in [-0.1, -0.05) is 175 Å². The number of unbranched alkanes of at least 4 members (excludes halogenated alkanes) is 13. The summed E-state index contributed by atoms with van der Waals surface area (Å²) in [5.41, 5.74) is 3.86. The lowest BCUT2D eigenvalue weighted by Crippen LogP contribution is -3.00. The number of hydrogen-bond donors (Lipinski definition) is 1. The topological polar surface area (TPSA) is 16.6 Å². The van der Waals surface area contributed by atoms with Gasteiger partial charge in [0.05, 0.1) is 6.54 Å². The molecule has 0 radical (unpaired) electrons. The summed E-state index contributed by atoms with van der Waals surface area (Å²) < 4.78 is 0. The van der Waals surface area contributed by atoms with Gasteiger partial charge in [0.15, 0.2) is 5.54 Å². The Morgan fingerprint density at radius 1 is 0.432 bits per heavy atom. The van der Waals surface area contributed by atoms with Gasteiger partial charge in [-0.15, -0.1) is 0 Å². The molecule has 0 amide bonds. The van der Waals surface area contributed by atoms with E-state index < -0.39 is 0 Å². The fraction of sp³-hybridized carbons (Fsp3) is 0.486. The number of benzene rings is 3. The third kappa shape index (κ3) is 10.4. The molecule has 2 N–H and O–H groups in total. The molecule has 3 aromatic rings. The van der Waals surface area contributed by atoms with Crippen molar-refractivity contribution in [1.29, 1.82) is 0 Å². The summed E-state index contributed by atoms with van der Waals surface area (Å²) in [5, 5.41) is 2.59. The molecule has 0 saturated heterocycles. The van der Waals surface area contributed by atoms with E-state index in [1.807, 2.05) is 0 Å². The Labute approximate surface area is 238 Å². The molecule has 0 spiro atoms. The van der Waals surface area contributed by atoms with E-state index in [1.165, 1.54) is 107 Å². The van der Waals surface area contributed by atoms with Gasteiger partial charge in [-0.3, -0.25) is 0 Å². The molecule has 0 aromatic heterocycles.